The minimum Gasteiger partial charge on any atom is -0.505 e. The molecule has 3 aromatic heterocycles. The number of halogens is 2. The van der Waals surface area contributed by atoms with E-state index in [-0.39, 0.29) is 97.3 Å². The lowest BCUT2D eigenvalue weighted by Crippen LogP contribution is -2.48. The van der Waals surface area contributed by atoms with E-state index in [9.17, 15) is 58.7 Å². The van der Waals surface area contributed by atoms with E-state index in [4.69, 9.17) is 44.7 Å². The van der Waals surface area contributed by atoms with Crippen molar-refractivity contribution in [2.45, 2.75) is 49.8 Å². The number of anilines is 6. The molecule has 0 spiro atoms. The van der Waals surface area contributed by atoms with Gasteiger partial charge in [0.25, 0.3) is 41.8 Å². The highest BCUT2D eigenvalue weighted by Gasteiger charge is 2.29. The summed E-state index contributed by atoms with van der Waals surface area (Å²) in [6.45, 7) is 4.54. The summed E-state index contributed by atoms with van der Waals surface area (Å²) in [7, 11) is -15.5. The number of azo groups is 3. The third-order valence-electron chi connectivity index (χ3n) is 13.4. The van der Waals surface area contributed by atoms with Crippen molar-refractivity contribution < 1.29 is 97.8 Å². The monoisotopic (exact) mass is 1510 g/mol. The number of hydrogen-bond donors (Lipinski definition) is 12. The first-order valence-electron chi connectivity index (χ1n) is 26.8. The second-order valence-corrected chi connectivity index (χ2v) is 26.4. The maximum atomic E-state index is 13.3. The lowest BCUT2D eigenvalue weighted by molar-refractivity contribution is -0.432. The number of piperazine rings is 1. The first-order valence-corrected chi connectivity index (χ1v) is 34.1. The number of hydrogen-bond acceptors (Lipinski definition) is 39. The van der Waals surface area contributed by atoms with Crippen molar-refractivity contribution >= 4 is 176 Å². The molecule has 49 heteroatoms. The van der Waals surface area contributed by atoms with Crippen molar-refractivity contribution in [1.29, 1.82) is 0 Å². The minimum absolute atomic E-state index is 0.0408. The zero-order valence-corrected chi connectivity index (χ0v) is 55.6. The lowest BCUT2D eigenvalue weighted by Gasteiger charge is -2.34. The molecule has 1 amide bonds. The molecule has 98 heavy (non-hydrogen) atoms. The molecule has 518 valence electrons. The fraction of sp³-hybridized carbons (Fsp3) is 0.184. The molecule has 0 bridgehead atoms. The predicted octanol–water partition coefficient (Wildman–Crippen LogP) is 9.51. The number of nitrogens with zero attached hydrogens (tertiary/aromatic N) is 15. The van der Waals surface area contributed by atoms with Gasteiger partial charge in [-0.2, -0.15) is 65.4 Å². The summed E-state index contributed by atoms with van der Waals surface area (Å²) in [5, 5.41) is 90.6. The molecule has 1 saturated heterocycles. The van der Waals surface area contributed by atoms with E-state index in [1.165, 1.54) is 50.2 Å². The molecule has 5 aromatic carbocycles. The van der Waals surface area contributed by atoms with Gasteiger partial charge in [0, 0.05) is 67.0 Å². The smallest absolute Gasteiger partial charge is 0.297 e. The fourth-order valence-corrected chi connectivity index (χ4v) is 12.8. The standard InChI is InChI=1S/C49H45Cl2N19O22S6/c1-3-70-42(73)36(41(52)72)22(2)37(43(70)74)66-65-31-20-32(94-91-88-76)30(21-35(31)97(81,82)83)55-47-57-44(50)56-46(60-47)53-12-13-68-14-16-69(17-15-68)49-59-45(51)58-48(61-49)54-29-11-9-26-27(40(29)98(84,85)86)19-33(95-92-89-77)38(39(26)71)67-64-28-10-6-24(18-34(28)96(78,79)80)63-62-23-4-7-25(8-5-23)93-90-87-75/h4-11,18-21,71,74-77H,3,12-17H2,1-2H3,(H2,52,72)(H,78,79,80)(H,81,82,83)(H,84,85,86)(H,54,58,59,61)(H2,53,55,56,57,60). The number of aromatic nitrogens is 7. The number of pyridine rings is 1. The second kappa shape index (κ2) is 31.9. The Bertz CT molecular complexity index is 4900. The average molecular weight is 1520 g/mol. The van der Waals surface area contributed by atoms with Gasteiger partial charge >= 0.3 is 0 Å². The van der Waals surface area contributed by atoms with Crippen molar-refractivity contribution in [2.75, 3.05) is 60.1 Å². The van der Waals surface area contributed by atoms with Gasteiger partial charge in [-0.25, -0.2) is 15.8 Å². The van der Waals surface area contributed by atoms with Crippen LogP contribution in [0.5, 0.6) is 11.6 Å². The van der Waals surface area contributed by atoms with E-state index in [1.807, 2.05) is 4.90 Å². The highest BCUT2D eigenvalue weighted by atomic mass is 35.5. The summed E-state index contributed by atoms with van der Waals surface area (Å²) in [5.74, 6) is -3.36. The van der Waals surface area contributed by atoms with Crippen molar-refractivity contribution in [1.82, 2.24) is 39.4 Å². The number of primary amides is 1. The summed E-state index contributed by atoms with van der Waals surface area (Å²) in [6, 6.07) is 14.5. The number of nitrogens with two attached hydrogens (primary N) is 1. The Balaban J connectivity index is 0.882. The Labute approximate surface area is 572 Å². The molecule has 8 aromatic rings. The summed E-state index contributed by atoms with van der Waals surface area (Å²) in [4.78, 5) is 51.4. The van der Waals surface area contributed by atoms with Crippen molar-refractivity contribution in [3.63, 3.8) is 0 Å². The molecule has 0 unspecified atom stereocenters. The van der Waals surface area contributed by atoms with Gasteiger partial charge in [0.05, 0.1) is 68.7 Å². The zero-order chi connectivity index (χ0) is 70.8. The predicted molar refractivity (Wildman–Crippen MR) is 344 cm³/mol. The minimum atomic E-state index is -5.28. The van der Waals surface area contributed by atoms with E-state index in [2.05, 4.69) is 105 Å². The van der Waals surface area contributed by atoms with Crippen LogP contribution in [0.2, 0.25) is 10.6 Å². The highest BCUT2D eigenvalue weighted by Crippen LogP contribution is 2.48. The topological polar surface area (TPSA) is 579 Å². The van der Waals surface area contributed by atoms with Gasteiger partial charge in [-0.1, -0.05) is 15.1 Å². The maximum absolute atomic E-state index is 13.3. The van der Waals surface area contributed by atoms with Crippen molar-refractivity contribution in [3.8, 4) is 11.6 Å². The molecule has 0 radical (unpaired) electrons. The van der Waals surface area contributed by atoms with Gasteiger partial charge in [-0.3, -0.25) is 32.7 Å². The number of carbonyl (C=O) groups excluding carboxylic acids is 1. The molecule has 1 fully saturated rings. The SMILES string of the molecule is CCn1c(O)c(N=Nc2cc(SOOO)c(Nc3nc(Cl)nc(NCCN4CCN(c5nc(Cl)nc(Nc6ccc7c(O)c(N=Nc8ccc(N=Nc9ccc(SOOO)cc9)cc8S(=O)(=O)O)c(SOOO)cc7c6S(=O)(=O)O)n5)CC4)n3)cc2S(=O)(=O)O)c(C)c(C(N)=O)c1=O. The van der Waals surface area contributed by atoms with Gasteiger partial charge in [0.2, 0.25) is 40.2 Å². The number of amides is 1. The molecule has 1 aliphatic rings. The zero-order valence-electron chi connectivity index (χ0n) is 49.2. The van der Waals surface area contributed by atoms with Gasteiger partial charge < -0.3 is 36.8 Å². The molecule has 4 heterocycles. The van der Waals surface area contributed by atoms with E-state index >= 15 is 0 Å². The number of nitrogens with one attached hydrogen (secondary N) is 3. The number of carbonyl (C=O) groups is 1. The van der Waals surface area contributed by atoms with Crippen LogP contribution in [0.1, 0.15) is 22.8 Å². The summed E-state index contributed by atoms with van der Waals surface area (Å²) < 4.78 is 123. The van der Waals surface area contributed by atoms with Crippen LogP contribution in [0, 0.1) is 6.92 Å². The summed E-state index contributed by atoms with van der Waals surface area (Å²) in [5.41, 5.74) is 1.33. The Kier molecular flexibility index (Phi) is 24.0. The Hall–Kier alpha value is -8.64. The largest absolute Gasteiger partial charge is 0.505 e. The molecular formula is C49H45Cl2N19O22S6. The van der Waals surface area contributed by atoms with Crippen LogP contribution in [0.25, 0.3) is 10.8 Å². The quantitative estimate of drug-likeness (QED) is 0.00682. The van der Waals surface area contributed by atoms with Crippen LogP contribution in [-0.4, -0.2) is 149 Å². The molecule has 9 rings (SSSR count). The van der Waals surface area contributed by atoms with Gasteiger partial charge in [-0.15, -0.1) is 33.5 Å². The maximum Gasteiger partial charge on any atom is 0.297 e. The van der Waals surface area contributed by atoms with Gasteiger partial charge in [0.1, 0.15) is 43.0 Å². The van der Waals surface area contributed by atoms with E-state index in [0.29, 0.717) is 67.4 Å². The van der Waals surface area contributed by atoms with Crippen LogP contribution in [0.4, 0.5) is 69.3 Å². The Morgan fingerprint density at radius 1 is 0.633 bits per heavy atom. The van der Waals surface area contributed by atoms with Crippen LogP contribution >= 0.6 is 59.3 Å². The fourth-order valence-electron chi connectivity index (χ4n) is 9.10. The highest BCUT2D eigenvalue weighted by molar-refractivity contribution is 7.95. The first kappa shape index (κ1) is 73.6. The van der Waals surface area contributed by atoms with Crippen LogP contribution in [0.3, 0.4) is 0 Å². The third kappa shape index (κ3) is 18.0. The molecule has 41 nitrogen and oxygen atoms in total. The first-order chi connectivity index (χ1) is 46.6. The van der Waals surface area contributed by atoms with Gasteiger partial charge in [-0.05, 0) is 110 Å². The van der Waals surface area contributed by atoms with Crippen molar-refractivity contribution in [3.05, 3.63) is 105 Å². The molecule has 0 saturated carbocycles. The van der Waals surface area contributed by atoms with E-state index in [0.717, 1.165) is 41.0 Å². The van der Waals surface area contributed by atoms with Crippen LogP contribution in [-0.2, 0) is 65.0 Å². The van der Waals surface area contributed by atoms with Gasteiger partial charge in [0.15, 0.2) is 5.75 Å². The number of fused-ring (bicyclic) bond motifs is 1. The number of benzene rings is 5. The number of phenolic OH excluding ortho intramolecular Hbond substituents is 1. The van der Waals surface area contributed by atoms with Crippen molar-refractivity contribution in [2.24, 2.45) is 36.4 Å². The van der Waals surface area contributed by atoms with E-state index < -0.39 is 102 Å². The van der Waals surface area contributed by atoms with E-state index in [1.54, 1.807) is 4.90 Å². The molecule has 1 aliphatic heterocycles. The number of rotatable bonds is 29. The molecule has 13 N–H and O–H groups in total. The number of aromatic hydroxyl groups is 2. The second-order valence-electron chi connectivity index (χ2n) is 19.3. The Morgan fingerprint density at radius 3 is 1.86 bits per heavy atom. The van der Waals surface area contributed by atoms with Crippen LogP contribution in [0.15, 0.2) is 138 Å². The Morgan fingerprint density at radius 2 is 1.21 bits per heavy atom. The summed E-state index contributed by atoms with van der Waals surface area (Å²) in [6.07, 6.45) is 0. The molecular weight excluding hydrogens is 1470 g/mol. The average Bonchev–Trinajstić information content (AvgIpc) is 0.754. The molecule has 0 atom stereocenters. The normalized spacial score (nSPS) is 13.4. The number of phenols is 1. The van der Waals surface area contributed by atoms with Crippen LogP contribution < -0.4 is 32.1 Å². The summed E-state index contributed by atoms with van der Waals surface area (Å²) >= 11 is 13.8. The lowest BCUT2D eigenvalue weighted by atomic mass is 10.1. The molecule has 0 aliphatic carbocycles. The third-order valence-corrected chi connectivity index (χ3v) is 18.3.